The van der Waals surface area contributed by atoms with Crippen LogP contribution in [0, 0.1) is 5.92 Å². The summed E-state index contributed by atoms with van der Waals surface area (Å²) in [5.41, 5.74) is 0.804. The van der Waals surface area contributed by atoms with E-state index in [1.807, 2.05) is 0 Å². The van der Waals surface area contributed by atoms with Crippen molar-refractivity contribution in [3.05, 3.63) is 23.2 Å². The van der Waals surface area contributed by atoms with Gasteiger partial charge in [-0.25, -0.2) is 0 Å². The van der Waals surface area contributed by atoms with Crippen molar-refractivity contribution in [2.24, 2.45) is 5.92 Å². The highest BCUT2D eigenvalue weighted by Crippen LogP contribution is 2.29. The molecule has 6 heteroatoms. The quantitative estimate of drug-likeness (QED) is 0.895. The van der Waals surface area contributed by atoms with Crippen LogP contribution in [-0.4, -0.2) is 26.4 Å². The fourth-order valence-corrected chi connectivity index (χ4v) is 2.24. The summed E-state index contributed by atoms with van der Waals surface area (Å²) < 4.78 is 33.7. The smallest absolute Gasteiger partial charge is 0.387 e. The predicted molar refractivity (Wildman–Crippen MR) is 70.1 cm³/mol. The van der Waals surface area contributed by atoms with Gasteiger partial charge in [0.25, 0.3) is 0 Å². The van der Waals surface area contributed by atoms with Gasteiger partial charge in [0.1, 0.15) is 5.75 Å². The van der Waals surface area contributed by atoms with Gasteiger partial charge in [-0.05, 0) is 37.0 Å². The Bertz CT molecular complexity index is 412. The summed E-state index contributed by atoms with van der Waals surface area (Å²) in [4.78, 5) is 0. The van der Waals surface area contributed by atoms with E-state index in [4.69, 9.17) is 16.3 Å². The normalized spacial score (nSPS) is 16.6. The van der Waals surface area contributed by atoms with Crippen molar-refractivity contribution in [3.8, 4) is 5.75 Å². The Balaban J connectivity index is 1.88. The minimum absolute atomic E-state index is 0.00622. The molecule has 1 aliphatic rings. The van der Waals surface area contributed by atoms with Gasteiger partial charge in [0.05, 0.1) is 5.02 Å². The van der Waals surface area contributed by atoms with E-state index in [2.05, 4.69) is 10.1 Å². The lowest BCUT2D eigenvalue weighted by molar-refractivity contribution is -0.0497. The van der Waals surface area contributed by atoms with Gasteiger partial charge >= 0.3 is 6.61 Å². The Hall–Kier alpha value is -1.07. The van der Waals surface area contributed by atoms with Crippen molar-refractivity contribution in [1.29, 1.82) is 0 Å². The summed E-state index contributed by atoms with van der Waals surface area (Å²) in [6.45, 7) is -0.435. The van der Waals surface area contributed by atoms with E-state index in [-0.39, 0.29) is 10.8 Å². The maximum atomic E-state index is 12.1. The molecule has 19 heavy (non-hydrogen) atoms. The molecule has 0 aromatic heterocycles. The molecule has 1 aliphatic heterocycles. The summed E-state index contributed by atoms with van der Waals surface area (Å²) in [5, 5.41) is 3.43. The minimum Gasteiger partial charge on any atom is -0.433 e. The third-order valence-corrected chi connectivity index (χ3v) is 3.38. The predicted octanol–water partition coefficient (Wildman–Crippen LogP) is 3.78. The molecule has 0 radical (unpaired) electrons. The Kier molecular flexibility index (Phi) is 5.22. The Morgan fingerprint density at radius 2 is 2.11 bits per heavy atom. The number of benzene rings is 1. The number of anilines is 1. The molecule has 1 N–H and O–H groups in total. The van der Waals surface area contributed by atoms with E-state index in [1.165, 1.54) is 6.07 Å². The highest BCUT2D eigenvalue weighted by Gasteiger charge is 2.14. The third kappa shape index (κ3) is 4.51. The van der Waals surface area contributed by atoms with Crippen molar-refractivity contribution in [2.45, 2.75) is 19.5 Å². The van der Waals surface area contributed by atoms with Crippen LogP contribution in [-0.2, 0) is 4.74 Å². The molecule has 106 valence electrons. The van der Waals surface area contributed by atoms with Gasteiger partial charge in [-0.2, -0.15) is 8.78 Å². The second-order valence-corrected chi connectivity index (χ2v) is 4.87. The van der Waals surface area contributed by atoms with Crippen molar-refractivity contribution < 1.29 is 18.3 Å². The molecule has 1 aromatic carbocycles. The fraction of sp³-hybridized carbons (Fsp3) is 0.538. The van der Waals surface area contributed by atoms with Gasteiger partial charge in [-0.3, -0.25) is 0 Å². The molecule has 3 nitrogen and oxygen atoms in total. The van der Waals surface area contributed by atoms with Crippen molar-refractivity contribution >= 4 is 17.3 Å². The number of hydrogen-bond acceptors (Lipinski definition) is 3. The first-order valence-corrected chi connectivity index (χ1v) is 6.59. The molecule has 0 aliphatic carbocycles. The first-order chi connectivity index (χ1) is 9.15. The van der Waals surface area contributed by atoms with E-state index in [0.29, 0.717) is 5.92 Å². The van der Waals surface area contributed by atoms with E-state index < -0.39 is 6.61 Å². The summed E-state index contributed by atoms with van der Waals surface area (Å²) in [7, 11) is 0. The second kappa shape index (κ2) is 6.91. The first-order valence-electron chi connectivity index (χ1n) is 6.21. The monoisotopic (exact) mass is 291 g/mol. The highest BCUT2D eigenvalue weighted by molar-refractivity contribution is 6.32. The number of rotatable bonds is 5. The molecule has 1 fully saturated rings. The van der Waals surface area contributed by atoms with Crippen LogP contribution in [0.25, 0.3) is 0 Å². The molecule has 0 atom stereocenters. The van der Waals surface area contributed by atoms with Crippen molar-refractivity contribution in [1.82, 2.24) is 0 Å². The number of hydrogen-bond donors (Lipinski definition) is 1. The van der Waals surface area contributed by atoms with Crippen LogP contribution in [0.4, 0.5) is 14.5 Å². The summed E-state index contributed by atoms with van der Waals surface area (Å²) in [6.07, 6.45) is 2.07. The fourth-order valence-electron chi connectivity index (χ4n) is 2.02. The molecule has 2 rings (SSSR count). The van der Waals surface area contributed by atoms with E-state index in [9.17, 15) is 8.78 Å². The van der Waals surface area contributed by atoms with E-state index in [0.717, 1.165) is 38.3 Å². The van der Waals surface area contributed by atoms with Gasteiger partial charge in [0.2, 0.25) is 0 Å². The number of alkyl halides is 2. The molecule has 1 aromatic rings. The molecular weight excluding hydrogens is 276 g/mol. The van der Waals surface area contributed by atoms with Gasteiger partial charge in [0, 0.05) is 25.4 Å². The van der Waals surface area contributed by atoms with E-state index >= 15 is 0 Å². The summed E-state index contributed by atoms with van der Waals surface area (Å²) in [6, 6.07) is 4.72. The lowest BCUT2D eigenvalue weighted by Crippen LogP contribution is -2.22. The highest BCUT2D eigenvalue weighted by atomic mass is 35.5. The molecule has 0 saturated carbocycles. The molecule has 1 saturated heterocycles. The van der Waals surface area contributed by atoms with Crippen LogP contribution in [0.3, 0.4) is 0 Å². The zero-order chi connectivity index (χ0) is 13.7. The first kappa shape index (κ1) is 14.3. The van der Waals surface area contributed by atoms with Crippen LogP contribution in [0.5, 0.6) is 5.75 Å². The average molecular weight is 292 g/mol. The maximum Gasteiger partial charge on any atom is 0.387 e. The third-order valence-electron chi connectivity index (χ3n) is 3.08. The largest absolute Gasteiger partial charge is 0.433 e. The molecule has 0 amide bonds. The number of nitrogens with one attached hydrogen (secondary N) is 1. The van der Waals surface area contributed by atoms with Crippen LogP contribution >= 0.6 is 11.6 Å². The zero-order valence-electron chi connectivity index (χ0n) is 10.4. The maximum absolute atomic E-state index is 12.1. The van der Waals surface area contributed by atoms with Crippen LogP contribution in [0.15, 0.2) is 18.2 Å². The van der Waals surface area contributed by atoms with Crippen LogP contribution < -0.4 is 10.1 Å². The molecule has 0 bridgehead atoms. The number of halogens is 3. The van der Waals surface area contributed by atoms with Gasteiger partial charge in [-0.15, -0.1) is 0 Å². The van der Waals surface area contributed by atoms with Crippen molar-refractivity contribution in [3.63, 3.8) is 0 Å². The number of ether oxygens (including phenoxy) is 2. The average Bonchev–Trinajstić information content (AvgIpc) is 2.40. The molecule has 1 heterocycles. The summed E-state index contributed by atoms with van der Waals surface area (Å²) in [5.74, 6) is 0.567. The standard InChI is InChI=1S/C13H16ClF2NO2/c14-11-7-10(1-2-12(11)19-13(15)16)17-8-9-3-5-18-6-4-9/h1-2,7,9,13,17H,3-6,8H2. The second-order valence-electron chi connectivity index (χ2n) is 4.46. The lowest BCUT2D eigenvalue weighted by Gasteiger charge is -2.22. The van der Waals surface area contributed by atoms with Gasteiger partial charge < -0.3 is 14.8 Å². The van der Waals surface area contributed by atoms with Gasteiger partial charge in [-0.1, -0.05) is 11.6 Å². The molecule has 0 unspecified atom stereocenters. The van der Waals surface area contributed by atoms with E-state index in [1.54, 1.807) is 12.1 Å². The molecule has 0 spiro atoms. The Morgan fingerprint density at radius 3 is 2.74 bits per heavy atom. The molecular formula is C13H16ClF2NO2. The topological polar surface area (TPSA) is 30.5 Å². The Morgan fingerprint density at radius 1 is 1.37 bits per heavy atom. The van der Waals surface area contributed by atoms with Crippen LogP contribution in [0.2, 0.25) is 5.02 Å². The van der Waals surface area contributed by atoms with Gasteiger partial charge in [0.15, 0.2) is 0 Å². The SMILES string of the molecule is FC(F)Oc1ccc(NCC2CCOCC2)cc1Cl. The minimum atomic E-state index is -2.86. The lowest BCUT2D eigenvalue weighted by atomic mass is 10.0. The Labute approximate surface area is 115 Å². The zero-order valence-corrected chi connectivity index (χ0v) is 11.1. The van der Waals surface area contributed by atoms with Crippen LogP contribution in [0.1, 0.15) is 12.8 Å². The summed E-state index contributed by atoms with van der Waals surface area (Å²) >= 11 is 5.88. The van der Waals surface area contributed by atoms with Crippen molar-refractivity contribution in [2.75, 3.05) is 25.1 Å².